The van der Waals surface area contributed by atoms with Crippen LogP contribution < -0.4 is 11.1 Å². The van der Waals surface area contributed by atoms with E-state index < -0.39 is 0 Å². The Morgan fingerprint density at radius 3 is 2.50 bits per heavy atom. The van der Waals surface area contributed by atoms with Crippen LogP contribution in [0.3, 0.4) is 0 Å². The summed E-state index contributed by atoms with van der Waals surface area (Å²) in [7, 11) is 0. The van der Waals surface area contributed by atoms with Crippen LogP contribution in [0.4, 0.5) is 5.13 Å². The summed E-state index contributed by atoms with van der Waals surface area (Å²) in [5.41, 5.74) is 8.06. The van der Waals surface area contributed by atoms with Gasteiger partial charge in [0.2, 0.25) is 5.91 Å². The number of aromatic nitrogens is 1. The highest BCUT2D eigenvalue weighted by molar-refractivity contribution is 7.15. The Bertz CT molecular complexity index is 575. The fourth-order valence-corrected chi connectivity index (χ4v) is 2.69. The van der Waals surface area contributed by atoms with Crippen molar-refractivity contribution in [2.75, 3.05) is 5.32 Å². The van der Waals surface area contributed by atoms with Crippen molar-refractivity contribution >= 4 is 22.4 Å². The van der Waals surface area contributed by atoms with Crippen LogP contribution in [-0.4, -0.2) is 10.9 Å². The summed E-state index contributed by atoms with van der Waals surface area (Å²) in [6.45, 7) is 5.75. The number of aryl methyl sites for hydroxylation is 2. The van der Waals surface area contributed by atoms with Gasteiger partial charge < -0.3 is 11.1 Å². The standard InChI is InChI=1S/C15H19N3OS/c1-9(13(16)12-7-5-4-6-8-12)14(19)18-15-17-10(2)11(3)20-15/h4-9,13H,16H2,1-3H3,(H,17,18,19). The Morgan fingerprint density at radius 1 is 1.30 bits per heavy atom. The van der Waals surface area contributed by atoms with E-state index in [0.29, 0.717) is 5.13 Å². The molecule has 0 saturated heterocycles. The first-order valence-electron chi connectivity index (χ1n) is 6.54. The molecular formula is C15H19N3OS. The van der Waals surface area contributed by atoms with Crippen LogP contribution in [-0.2, 0) is 4.79 Å². The van der Waals surface area contributed by atoms with E-state index in [4.69, 9.17) is 5.73 Å². The zero-order valence-corrected chi connectivity index (χ0v) is 12.7. The van der Waals surface area contributed by atoms with Crippen LogP contribution in [0.2, 0.25) is 0 Å². The second-order valence-corrected chi connectivity index (χ2v) is 6.08. The molecule has 0 aliphatic carbocycles. The van der Waals surface area contributed by atoms with E-state index >= 15 is 0 Å². The number of benzene rings is 1. The molecule has 106 valence electrons. The quantitative estimate of drug-likeness (QED) is 0.909. The number of thiazole rings is 1. The van der Waals surface area contributed by atoms with Crippen LogP contribution in [0.15, 0.2) is 30.3 Å². The van der Waals surface area contributed by atoms with Crippen molar-refractivity contribution in [3.8, 4) is 0 Å². The molecule has 2 atom stereocenters. The van der Waals surface area contributed by atoms with Gasteiger partial charge in [-0.05, 0) is 19.4 Å². The molecule has 2 rings (SSSR count). The molecule has 1 heterocycles. The molecule has 0 aliphatic rings. The molecule has 0 saturated carbocycles. The number of rotatable bonds is 4. The molecule has 1 aromatic carbocycles. The van der Waals surface area contributed by atoms with Crippen LogP contribution in [0.1, 0.15) is 29.1 Å². The van der Waals surface area contributed by atoms with Crippen LogP contribution in [0, 0.1) is 19.8 Å². The summed E-state index contributed by atoms with van der Waals surface area (Å²) in [4.78, 5) is 17.6. The number of anilines is 1. The predicted octanol–water partition coefficient (Wildman–Crippen LogP) is 3.03. The minimum absolute atomic E-state index is 0.102. The lowest BCUT2D eigenvalue weighted by Crippen LogP contribution is -2.30. The first-order chi connectivity index (χ1) is 9.49. The van der Waals surface area contributed by atoms with Crippen LogP contribution in [0.5, 0.6) is 0 Å². The summed E-state index contributed by atoms with van der Waals surface area (Å²) < 4.78 is 0. The number of hydrogen-bond donors (Lipinski definition) is 2. The van der Waals surface area contributed by atoms with E-state index in [1.54, 1.807) is 0 Å². The molecule has 20 heavy (non-hydrogen) atoms. The fourth-order valence-electron chi connectivity index (χ4n) is 1.87. The minimum Gasteiger partial charge on any atom is -0.323 e. The van der Waals surface area contributed by atoms with Gasteiger partial charge in [0, 0.05) is 10.9 Å². The zero-order chi connectivity index (χ0) is 14.7. The normalized spacial score (nSPS) is 13.8. The summed E-state index contributed by atoms with van der Waals surface area (Å²) in [6, 6.07) is 9.33. The summed E-state index contributed by atoms with van der Waals surface area (Å²) in [5, 5.41) is 3.48. The van der Waals surface area contributed by atoms with Gasteiger partial charge in [0.15, 0.2) is 5.13 Å². The third kappa shape index (κ3) is 3.23. The van der Waals surface area contributed by atoms with Crippen molar-refractivity contribution < 1.29 is 4.79 Å². The average Bonchev–Trinajstić information content (AvgIpc) is 2.76. The number of carbonyl (C=O) groups excluding carboxylic acids is 1. The molecule has 3 N–H and O–H groups in total. The number of nitrogens with one attached hydrogen (secondary N) is 1. The van der Waals surface area contributed by atoms with Crippen molar-refractivity contribution in [3.05, 3.63) is 46.5 Å². The lowest BCUT2D eigenvalue weighted by molar-refractivity contribution is -0.120. The van der Waals surface area contributed by atoms with Gasteiger partial charge in [-0.25, -0.2) is 4.98 Å². The van der Waals surface area contributed by atoms with Gasteiger partial charge in [-0.2, -0.15) is 0 Å². The van der Waals surface area contributed by atoms with Crippen molar-refractivity contribution in [1.29, 1.82) is 0 Å². The molecule has 0 aliphatic heterocycles. The molecule has 4 nitrogen and oxygen atoms in total. The van der Waals surface area contributed by atoms with E-state index in [1.807, 2.05) is 51.1 Å². The van der Waals surface area contributed by atoms with Gasteiger partial charge in [-0.1, -0.05) is 37.3 Å². The molecule has 5 heteroatoms. The molecule has 0 fully saturated rings. The topological polar surface area (TPSA) is 68.0 Å². The highest BCUT2D eigenvalue weighted by Gasteiger charge is 2.23. The summed E-state index contributed by atoms with van der Waals surface area (Å²) in [5.74, 6) is -0.419. The third-order valence-corrected chi connectivity index (χ3v) is 4.38. The van der Waals surface area contributed by atoms with E-state index in [9.17, 15) is 4.79 Å². The number of hydrogen-bond acceptors (Lipinski definition) is 4. The molecule has 0 radical (unpaired) electrons. The van der Waals surface area contributed by atoms with Gasteiger partial charge in [-0.15, -0.1) is 11.3 Å². The molecule has 1 amide bonds. The number of carbonyl (C=O) groups is 1. The maximum Gasteiger partial charge on any atom is 0.230 e. The minimum atomic E-state index is -0.321. The zero-order valence-electron chi connectivity index (χ0n) is 11.9. The Hall–Kier alpha value is -1.72. The molecule has 2 aromatic rings. The van der Waals surface area contributed by atoms with Gasteiger partial charge in [-0.3, -0.25) is 4.79 Å². The van der Waals surface area contributed by atoms with Crippen molar-refractivity contribution in [1.82, 2.24) is 4.98 Å². The highest BCUT2D eigenvalue weighted by Crippen LogP contribution is 2.24. The highest BCUT2D eigenvalue weighted by atomic mass is 32.1. The van der Waals surface area contributed by atoms with E-state index in [-0.39, 0.29) is 17.9 Å². The van der Waals surface area contributed by atoms with Gasteiger partial charge in [0.25, 0.3) is 0 Å². The first kappa shape index (κ1) is 14.7. The van der Waals surface area contributed by atoms with E-state index in [2.05, 4.69) is 10.3 Å². The third-order valence-electron chi connectivity index (χ3n) is 3.40. The number of nitrogens with zero attached hydrogens (tertiary/aromatic N) is 1. The fraction of sp³-hybridized carbons (Fsp3) is 0.333. The molecule has 0 spiro atoms. The van der Waals surface area contributed by atoms with E-state index in [0.717, 1.165) is 16.1 Å². The Morgan fingerprint density at radius 2 is 1.95 bits per heavy atom. The Balaban J connectivity index is 2.05. The van der Waals surface area contributed by atoms with Crippen molar-refractivity contribution in [2.24, 2.45) is 11.7 Å². The van der Waals surface area contributed by atoms with Crippen molar-refractivity contribution in [2.45, 2.75) is 26.8 Å². The molecule has 1 aromatic heterocycles. The smallest absolute Gasteiger partial charge is 0.230 e. The van der Waals surface area contributed by atoms with Crippen molar-refractivity contribution in [3.63, 3.8) is 0 Å². The van der Waals surface area contributed by atoms with Gasteiger partial charge >= 0.3 is 0 Å². The average molecular weight is 289 g/mol. The number of amides is 1. The Labute approximate surface area is 123 Å². The predicted molar refractivity (Wildman–Crippen MR) is 82.8 cm³/mol. The lowest BCUT2D eigenvalue weighted by atomic mass is 9.95. The molecule has 2 unspecified atom stereocenters. The monoisotopic (exact) mass is 289 g/mol. The second-order valence-electron chi connectivity index (χ2n) is 4.88. The first-order valence-corrected chi connectivity index (χ1v) is 7.36. The Kier molecular flexibility index (Phi) is 4.52. The second kappa shape index (κ2) is 6.15. The lowest BCUT2D eigenvalue weighted by Gasteiger charge is -2.19. The maximum atomic E-state index is 12.2. The van der Waals surface area contributed by atoms with Crippen LogP contribution >= 0.6 is 11.3 Å². The largest absolute Gasteiger partial charge is 0.323 e. The molecular weight excluding hydrogens is 270 g/mol. The van der Waals surface area contributed by atoms with E-state index in [1.165, 1.54) is 11.3 Å². The van der Waals surface area contributed by atoms with Gasteiger partial charge in [0.05, 0.1) is 11.6 Å². The SMILES string of the molecule is Cc1nc(NC(=O)C(C)C(N)c2ccccc2)sc1C. The maximum absolute atomic E-state index is 12.2. The summed E-state index contributed by atoms with van der Waals surface area (Å²) >= 11 is 1.48. The molecule has 0 bridgehead atoms. The summed E-state index contributed by atoms with van der Waals surface area (Å²) in [6.07, 6.45) is 0. The van der Waals surface area contributed by atoms with Gasteiger partial charge in [0.1, 0.15) is 0 Å². The number of nitrogens with two attached hydrogens (primary N) is 1. The van der Waals surface area contributed by atoms with Crippen LogP contribution in [0.25, 0.3) is 0 Å².